The summed E-state index contributed by atoms with van der Waals surface area (Å²) in [4.78, 5) is 31.2. The maximum atomic E-state index is 13.1. The Bertz CT molecular complexity index is 706. The molecule has 25 heavy (non-hydrogen) atoms. The fourth-order valence-electron chi connectivity index (χ4n) is 6.56. The van der Waals surface area contributed by atoms with E-state index in [0.29, 0.717) is 12.3 Å². The number of Topliss-reactive ketones (excluding diaryl/α,β-unsaturated/α-hetero) is 1. The maximum Gasteiger partial charge on any atom is 0.342 e. The van der Waals surface area contributed by atoms with E-state index in [1.165, 1.54) is 6.42 Å². The number of hydrogen-bond donors (Lipinski definition) is 0. The Hall–Kier alpha value is -1.19. The van der Waals surface area contributed by atoms with Gasteiger partial charge in [0.2, 0.25) is 0 Å². The average molecular weight is 345 g/mol. The van der Waals surface area contributed by atoms with E-state index >= 15 is 0 Å². The summed E-state index contributed by atoms with van der Waals surface area (Å²) in [5.41, 5.74) is -0.185. The van der Waals surface area contributed by atoms with Crippen LogP contribution in [0, 0.1) is 33.0 Å². The van der Waals surface area contributed by atoms with Gasteiger partial charge in [0.15, 0.2) is 0 Å². The van der Waals surface area contributed by atoms with Gasteiger partial charge in [-0.15, -0.1) is 0 Å². The standard InChI is InChI=1S/C21H31NO3/c1-17(2)13-7-8-19(17,5)14(11-13)22-25-16(24)21-10-9-20(6,15(23)12-21)18(21,3)4/h13H,7-12H2,1-6H3/b22-14-/t13-,19-,20+,21-/m0/s1. The first-order valence-corrected chi connectivity index (χ1v) is 9.75. The maximum absolute atomic E-state index is 13.1. The van der Waals surface area contributed by atoms with Crippen molar-refractivity contribution in [1.82, 2.24) is 0 Å². The SMILES string of the molecule is CC1(C)[C@H]2CC[C@@]1(C)/C(=N\OC(=O)[C@]13CC[C@](C)(C(=O)C1)C3(C)C)C2. The van der Waals surface area contributed by atoms with Crippen LogP contribution in [0.1, 0.15) is 80.1 Å². The van der Waals surface area contributed by atoms with Crippen molar-refractivity contribution in [1.29, 1.82) is 0 Å². The van der Waals surface area contributed by atoms with Gasteiger partial charge in [-0.3, -0.25) is 4.79 Å². The molecule has 138 valence electrons. The summed E-state index contributed by atoms with van der Waals surface area (Å²) in [5.74, 6) is 0.553. The van der Waals surface area contributed by atoms with Gasteiger partial charge in [0.1, 0.15) is 5.78 Å². The Kier molecular flexibility index (Phi) is 3.14. The smallest absolute Gasteiger partial charge is 0.318 e. The Labute approximate surface area is 150 Å². The minimum atomic E-state index is -0.697. The summed E-state index contributed by atoms with van der Waals surface area (Å²) in [7, 11) is 0. The number of nitrogens with zero attached hydrogens (tertiary/aromatic N) is 1. The van der Waals surface area contributed by atoms with Gasteiger partial charge in [-0.1, -0.05) is 46.7 Å². The number of fused-ring (bicyclic) bond motifs is 4. The molecule has 4 heteroatoms. The van der Waals surface area contributed by atoms with Crippen LogP contribution in [0.3, 0.4) is 0 Å². The summed E-state index contributed by atoms with van der Waals surface area (Å²) in [6.45, 7) is 13.0. The molecule has 0 aromatic carbocycles. The van der Waals surface area contributed by atoms with Crippen molar-refractivity contribution in [3.63, 3.8) is 0 Å². The van der Waals surface area contributed by atoms with Crippen LogP contribution in [0.15, 0.2) is 5.16 Å². The van der Waals surface area contributed by atoms with Crippen LogP contribution < -0.4 is 0 Å². The van der Waals surface area contributed by atoms with Crippen LogP contribution in [0.2, 0.25) is 0 Å². The molecule has 0 amide bonds. The molecule has 4 aliphatic rings. The number of carbonyl (C=O) groups is 2. The van der Waals surface area contributed by atoms with Gasteiger partial charge in [0.25, 0.3) is 0 Å². The Morgan fingerprint density at radius 2 is 1.72 bits per heavy atom. The van der Waals surface area contributed by atoms with Crippen LogP contribution in [-0.4, -0.2) is 17.5 Å². The first kappa shape index (κ1) is 17.2. The van der Waals surface area contributed by atoms with Gasteiger partial charge >= 0.3 is 5.97 Å². The Balaban J connectivity index is 1.60. The number of hydrogen-bond acceptors (Lipinski definition) is 4. The summed E-state index contributed by atoms with van der Waals surface area (Å²) in [6, 6.07) is 0. The van der Waals surface area contributed by atoms with E-state index in [-0.39, 0.29) is 28.0 Å². The zero-order valence-corrected chi connectivity index (χ0v) is 16.5. The molecule has 0 aromatic heterocycles. The van der Waals surface area contributed by atoms with E-state index in [0.717, 1.165) is 31.4 Å². The highest BCUT2D eigenvalue weighted by atomic mass is 16.7. The van der Waals surface area contributed by atoms with E-state index in [1.807, 2.05) is 6.92 Å². The molecule has 0 aliphatic heterocycles. The highest BCUT2D eigenvalue weighted by Crippen LogP contribution is 2.71. The largest absolute Gasteiger partial charge is 0.342 e. The van der Waals surface area contributed by atoms with Crippen molar-refractivity contribution in [3.05, 3.63) is 0 Å². The van der Waals surface area contributed by atoms with Crippen LogP contribution in [0.4, 0.5) is 0 Å². The van der Waals surface area contributed by atoms with Gasteiger partial charge in [0.05, 0.1) is 11.1 Å². The second-order valence-electron chi connectivity index (χ2n) is 10.5. The average Bonchev–Trinajstić information content (AvgIpc) is 3.02. The number of ketones is 1. The second-order valence-corrected chi connectivity index (χ2v) is 10.5. The lowest BCUT2D eigenvalue weighted by Crippen LogP contribution is -2.41. The van der Waals surface area contributed by atoms with Gasteiger partial charge in [0, 0.05) is 17.3 Å². The lowest BCUT2D eigenvalue weighted by molar-refractivity contribution is -0.162. The molecule has 0 aromatic rings. The van der Waals surface area contributed by atoms with Gasteiger partial charge in [-0.25, -0.2) is 4.79 Å². The van der Waals surface area contributed by atoms with Crippen LogP contribution in [0.5, 0.6) is 0 Å². The topological polar surface area (TPSA) is 55.7 Å². The lowest BCUT2D eigenvalue weighted by atomic mass is 9.65. The molecule has 4 aliphatic carbocycles. The molecule has 0 saturated heterocycles. The normalized spacial score (nSPS) is 47.7. The van der Waals surface area contributed by atoms with Crippen molar-refractivity contribution in [2.75, 3.05) is 0 Å². The molecule has 4 bridgehead atoms. The number of carbonyl (C=O) groups excluding carboxylic acids is 2. The van der Waals surface area contributed by atoms with E-state index in [9.17, 15) is 9.59 Å². The van der Waals surface area contributed by atoms with E-state index in [4.69, 9.17) is 4.84 Å². The first-order chi connectivity index (χ1) is 11.4. The minimum absolute atomic E-state index is 0.0286. The third kappa shape index (κ3) is 1.67. The molecule has 4 fully saturated rings. The fraction of sp³-hybridized carbons (Fsp3) is 0.857. The predicted octanol–water partition coefficient (Wildman–Crippen LogP) is 4.52. The van der Waals surface area contributed by atoms with E-state index in [2.05, 4.69) is 39.8 Å². The molecular weight excluding hydrogens is 314 g/mol. The third-order valence-electron chi connectivity index (χ3n) is 9.85. The zero-order valence-electron chi connectivity index (χ0n) is 16.5. The van der Waals surface area contributed by atoms with Crippen molar-refractivity contribution in [2.24, 2.45) is 38.1 Å². The quantitative estimate of drug-likeness (QED) is 0.546. The van der Waals surface area contributed by atoms with Crippen LogP contribution in [-0.2, 0) is 14.4 Å². The molecule has 0 radical (unpaired) electrons. The second kappa shape index (κ2) is 4.55. The van der Waals surface area contributed by atoms with Crippen LogP contribution >= 0.6 is 0 Å². The lowest BCUT2D eigenvalue weighted by Gasteiger charge is -2.37. The zero-order chi connectivity index (χ0) is 18.5. The number of rotatable bonds is 2. The molecule has 0 N–H and O–H groups in total. The fourth-order valence-corrected chi connectivity index (χ4v) is 6.56. The monoisotopic (exact) mass is 345 g/mol. The molecule has 0 spiro atoms. The van der Waals surface area contributed by atoms with Crippen molar-refractivity contribution in [2.45, 2.75) is 80.1 Å². The molecule has 0 unspecified atom stereocenters. The Morgan fingerprint density at radius 1 is 1.04 bits per heavy atom. The Morgan fingerprint density at radius 3 is 2.16 bits per heavy atom. The van der Waals surface area contributed by atoms with E-state index < -0.39 is 10.8 Å². The van der Waals surface area contributed by atoms with Crippen molar-refractivity contribution in [3.8, 4) is 0 Å². The molecule has 4 rings (SSSR count). The summed E-state index contributed by atoms with van der Waals surface area (Å²) in [6.07, 6.45) is 5.11. The molecule has 4 atom stereocenters. The molecule has 4 nitrogen and oxygen atoms in total. The van der Waals surface area contributed by atoms with Gasteiger partial charge < -0.3 is 4.84 Å². The number of oxime groups is 1. The summed E-state index contributed by atoms with van der Waals surface area (Å²) < 4.78 is 0. The highest BCUT2D eigenvalue weighted by molar-refractivity contribution is 5.98. The van der Waals surface area contributed by atoms with Gasteiger partial charge in [-0.2, -0.15) is 0 Å². The predicted molar refractivity (Wildman–Crippen MR) is 95.9 cm³/mol. The molecule has 0 heterocycles. The van der Waals surface area contributed by atoms with Crippen molar-refractivity contribution < 1.29 is 14.4 Å². The minimum Gasteiger partial charge on any atom is -0.318 e. The van der Waals surface area contributed by atoms with Crippen LogP contribution in [0.25, 0.3) is 0 Å². The molecular formula is C21H31NO3. The summed E-state index contributed by atoms with van der Waals surface area (Å²) in [5, 5.41) is 4.40. The third-order valence-corrected chi connectivity index (χ3v) is 9.85. The molecule has 4 saturated carbocycles. The highest BCUT2D eigenvalue weighted by Gasteiger charge is 2.73. The first-order valence-electron chi connectivity index (χ1n) is 9.75. The van der Waals surface area contributed by atoms with Gasteiger partial charge in [-0.05, 0) is 48.9 Å². The van der Waals surface area contributed by atoms with Crippen molar-refractivity contribution >= 4 is 17.5 Å². The van der Waals surface area contributed by atoms with E-state index in [1.54, 1.807) is 0 Å². The summed E-state index contributed by atoms with van der Waals surface area (Å²) >= 11 is 0.